The predicted octanol–water partition coefficient (Wildman–Crippen LogP) is 1.80. The fourth-order valence-electron chi connectivity index (χ4n) is 1.56. The standard InChI is InChI=1S/C14H20FN3O4/c1-14(2,3)22-13(21)18-11(12(19)20)7-17-10-5-4-8(15)6-9(10)16/h4-6,11,17H,7,16H2,1-3H3,(H,18,21)(H,19,20)/t11-/m0/s1. The third-order valence-electron chi connectivity index (χ3n) is 2.50. The first-order chi connectivity index (χ1) is 10.1. The van der Waals surface area contributed by atoms with Crippen molar-refractivity contribution in [3.8, 4) is 0 Å². The molecule has 1 atom stereocenters. The number of rotatable bonds is 5. The van der Waals surface area contributed by atoms with Crippen LogP contribution in [0.15, 0.2) is 18.2 Å². The summed E-state index contributed by atoms with van der Waals surface area (Å²) in [6.45, 7) is 4.86. The zero-order valence-electron chi connectivity index (χ0n) is 12.6. The van der Waals surface area contributed by atoms with Crippen molar-refractivity contribution in [3.63, 3.8) is 0 Å². The molecule has 0 fully saturated rings. The lowest BCUT2D eigenvalue weighted by Crippen LogP contribution is -2.47. The molecule has 0 aliphatic heterocycles. The first kappa shape index (κ1) is 17.5. The summed E-state index contributed by atoms with van der Waals surface area (Å²) in [6.07, 6.45) is -0.839. The summed E-state index contributed by atoms with van der Waals surface area (Å²) < 4.78 is 17.9. The summed E-state index contributed by atoms with van der Waals surface area (Å²) in [5.74, 6) is -1.73. The molecule has 1 aromatic rings. The fraction of sp³-hybridized carbons (Fsp3) is 0.429. The van der Waals surface area contributed by atoms with Crippen LogP contribution in [0.4, 0.5) is 20.6 Å². The van der Waals surface area contributed by atoms with E-state index in [4.69, 9.17) is 15.6 Å². The number of nitrogen functional groups attached to an aromatic ring is 1. The van der Waals surface area contributed by atoms with Crippen molar-refractivity contribution in [2.75, 3.05) is 17.6 Å². The minimum Gasteiger partial charge on any atom is -0.480 e. The van der Waals surface area contributed by atoms with Gasteiger partial charge in [0.25, 0.3) is 0 Å². The second kappa shape index (κ2) is 6.97. The van der Waals surface area contributed by atoms with Crippen LogP contribution < -0.4 is 16.4 Å². The van der Waals surface area contributed by atoms with Crippen LogP contribution in [0.1, 0.15) is 20.8 Å². The number of hydrogen-bond acceptors (Lipinski definition) is 5. The molecule has 1 rings (SSSR count). The summed E-state index contributed by atoms with van der Waals surface area (Å²) in [5.41, 5.74) is 5.39. The maximum atomic E-state index is 12.9. The zero-order chi connectivity index (χ0) is 16.9. The zero-order valence-corrected chi connectivity index (χ0v) is 12.6. The number of benzene rings is 1. The molecule has 0 saturated carbocycles. The van der Waals surface area contributed by atoms with E-state index in [9.17, 15) is 14.0 Å². The van der Waals surface area contributed by atoms with Crippen molar-refractivity contribution in [2.45, 2.75) is 32.4 Å². The van der Waals surface area contributed by atoms with Gasteiger partial charge in [-0.3, -0.25) is 0 Å². The van der Waals surface area contributed by atoms with Gasteiger partial charge in [0.1, 0.15) is 17.5 Å². The van der Waals surface area contributed by atoms with Gasteiger partial charge in [-0.05, 0) is 39.0 Å². The van der Waals surface area contributed by atoms with Crippen LogP contribution in [0.2, 0.25) is 0 Å². The molecule has 22 heavy (non-hydrogen) atoms. The van der Waals surface area contributed by atoms with E-state index < -0.39 is 29.5 Å². The van der Waals surface area contributed by atoms with Gasteiger partial charge >= 0.3 is 12.1 Å². The molecular formula is C14H20FN3O4. The van der Waals surface area contributed by atoms with Crippen LogP contribution in [-0.4, -0.2) is 35.4 Å². The van der Waals surface area contributed by atoms with E-state index in [1.807, 2.05) is 0 Å². The molecule has 0 unspecified atom stereocenters. The van der Waals surface area contributed by atoms with Gasteiger partial charge in [0, 0.05) is 6.54 Å². The number of anilines is 2. The summed E-state index contributed by atoms with van der Waals surface area (Å²) in [4.78, 5) is 22.8. The average Bonchev–Trinajstić information content (AvgIpc) is 2.33. The Balaban J connectivity index is 2.65. The SMILES string of the molecule is CC(C)(C)OC(=O)N[C@@H](CNc1ccc(F)cc1N)C(=O)O. The van der Waals surface area contributed by atoms with E-state index in [1.54, 1.807) is 20.8 Å². The van der Waals surface area contributed by atoms with Gasteiger partial charge in [0.15, 0.2) is 0 Å². The van der Waals surface area contributed by atoms with E-state index in [-0.39, 0.29) is 12.2 Å². The number of aliphatic carboxylic acids is 1. The molecule has 0 radical (unpaired) electrons. The van der Waals surface area contributed by atoms with Crippen LogP contribution in [0.25, 0.3) is 0 Å². The number of nitrogens with two attached hydrogens (primary N) is 1. The first-order valence-electron chi connectivity index (χ1n) is 6.59. The van der Waals surface area contributed by atoms with E-state index in [2.05, 4.69) is 10.6 Å². The minimum atomic E-state index is -1.24. The number of carboxylic acids is 1. The molecule has 0 aliphatic carbocycles. The topological polar surface area (TPSA) is 114 Å². The number of nitrogens with one attached hydrogen (secondary N) is 2. The van der Waals surface area contributed by atoms with E-state index in [1.165, 1.54) is 12.1 Å². The Bertz CT molecular complexity index is 558. The summed E-state index contributed by atoms with van der Waals surface area (Å²) >= 11 is 0. The number of hydrogen-bond donors (Lipinski definition) is 4. The number of carbonyl (C=O) groups excluding carboxylic acids is 1. The van der Waals surface area contributed by atoms with Gasteiger partial charge in [0.2, 0.25) is 0 Å². The maximum Gasteiger partial charge on any atom is 0.408 e. The third-order valence-corrected chi connectivity index (χ3v) is 2.50. The lowest BCUT2D eigenvalue weighted by molar-refractivity contribution is -0.139. The molecule has 0 aliphatic rings. The molecule has 7 nitrogen and oxygen atoms in total. The van der Waals surface area contributed by atoms with Crippen LogP contribution in [0, 0.1) is 5.82 Å². The second-order valence-corrected chi connectivity index (χ2v) is 5.65. The van der Waals surface area contributed by atoms with E-state index in [0.717, 1.165) is 6.07 Å². The largest absolute Gasteiger partial charge is 0.480 e. The summed E-state index contributed by atoms with van der Waals surface area (Å²) in [6, 6.07) is 2.46. The van der Waals surface area contributed by atoms with Crippen LogP contribution in [0.5, 0.6) is 0 Å². The number of carbonyl (C=O) groups is 2. The number of carboxylic acid groups (broad SMARTS) is 1. The van der Waals surface area contributed by atoms with Crippen molar-refractivity contribution in [3.05, 3.63) is 24.0 Å². The van der Waals surface area contributed by atoms with Gasteiger partial charge < -0.3 is 26.2 Å². The first-order valence-corrected chi connectivity index (χ1v) is 6.59. The van der Waals surface area contributed by atoms with Crippen molar-refractivity contribution in [2.24, 2.45) is 0 Å². The fourth-order valence-corrected chi connectivity index (χ4v) is 1.56. The molecule has 0 bridgehead atoms. The third kappa shape index (κ3) is 5.86. The molecular weight excluding hydrogens is 293 g/mol. The molecule has 1 amide bonds. The van der Waals surface area contributed by atoms with Crippen molar-refractivity contribution < 1.29 is 23.8 Å². The second-order valence-electron chi connectivity index (χ2n) is 5.65. The van der Waals surface area contributed by atoms with Crippen LogP contribution >= 0.6 is 0 Å². The van der Waals surface area contributed by atoms with Crippen molar-refractivity contribution in [1.82, 2.24) is 5.32 Å². The van der Waals surface area contributed by atoms with Gasteiger partial charge in [0.05, 0.1) is 11.4 Å². The molecule has 0 heterocycles. The highest BCUT2D eigenvalue weighted by Gasteiger charge is 2.23. The van der Waals surface area contributed by atoms with Crippen LogP contribution in [0.3, 0.4) is 0 Å². The van der Waals surface area contributed by atoms with E-state index in [0.29, 0.717) is 5.69 Å². The molecule has 5 N–H and O–H groups in total. The minimum absolute atomic E-state index is 0.135. The lowest BCUT2D eigenvalue weighted by atomic mass is 10.2. The monoisotopic (exact) mass is 313 g/mol. The normalized spacial score (nSPS) is 12.4. The van der Waals surface area contributed by atoms with Gasteiger partial charge in [-0.15, -0.1) is 0 Å². The smallest absolute Gasteiger partial charge is 0.408 e. The molecule has 8 heteroatoms. The summed E-state index contributed by atoms with van der Waals surface area (Å²) in [7, 11) is 0. The maximum absolute atomic E-state index is 12.9. The van der Waals surface area contributed by atoms with Crippen molar-refractivity contribution in [1.29, 1.82) is 0 Å². The number of alkyl carbamates (subject to hydrolysis) is 1. The van der Waals surface area contributed by atoms with Gasteiger partial charge in [-0.1, -0.05) is 0 Å². The summed E-state index contributed by atoms with van der Waals surface area (Å²) in [5, 5.41) is 14.1. The molecule has 122 valence electrons. The Morgan fingerprint density at radius 3 is 2.55 bits per heavy atom. The van der Waals surface area contributed by atoms with Gasteiger partial charge in [-0.2, -0.15) is 0 Å². The number of halogens is 1. The Morgan fingerprint density at radius 2 is 2.05 bits per heavy atom. The predicted molar refractivity (Wildman–Crippen MR) is 80.1 cm³/mol. The van der Waals surface area contributed by atoms with Gasteiger partial charge in [-0.25, -0.2) is 14.0 Å². The van der Waals surface area contributed by atoms with Crippen molar-refractivity contribution >= 4 is 23.4 Å². The Hall–Kier alpha value is -2.51. The Labute approximate surface area is 127 Å². The number of amides is 1. The Morgan fingerprint density at radius 1 is 1.41 bits per heavy atom. The Kier molecular flexibility index (Phi) is 5.56. The van der Waals surface area contributed by atoms with Crippen LogP contribution in [-0.2, 0) is 9.53 Å². The van der Waals surface area contributed by atoms with E-state index >= 15 is 0 Å². The average molecular weight is 313 g/mol. The lowest BCUT2D eigenvalue weighted by Gasteiger charge is -2.22. The highest BCUT2D eigenvalue weighted by atomic mass is 19.1. The number of ether oxygens (including phenoxy) is 1. The highest BCUT2D eigenvalue weighted by molar-refractivity contribution is 5.81. The molecule has 0 spiro atoms. The molecule has 0 aromatic heterocycles. The molecule has 0 saturated heterocycles. The highest BCUT2D eigenvalue weighted by Crippen LogP contribution is 2.18. The quantitative estimate of drug-likeness (QED) is 0.616. The molecule has 1 aromatic carbocycles.